The SMILES string of the molecule is COc1cccc(NC(=NCc2c(C)nn(C)c2C)NC(=O)c2cccc(Cl)c2)c1. The molecule has 1 amide bonds. The Morgan fingerprint density at radius 2 is 1.97 bits per heavy atom. The van der Waals surface area contributed by atoms with E-state index in [1.807, 2.05) is 49.8 Å². The van der Waals surface area contributed by atoms with Crippen LogP contribution in [0.15, 0.2) is 53.5 Å². The molecule has 3 rings (SSSR count). The number of nitrogens with zero attached hydrogens (tertiary/aromatic N) is 3. The molecule has 7 nitrogen and oxygen atoms in total. The second-order valence-corrected chi connectivity index (χ2v) is 7.20. The van der Waals surface area contributed by atoms with Crippen LogP contribution >= 0.6 is 11.6 Å². The van der Waals surface area contributed by atoms with Gasteiger partial charge in [0.05, 0.1) is 19.3 Å². The smallest absolute Gasteiger partial charge is 0.258 e. The molecular formula is C22H24ClN5O2. The Kier molecular flexibility index (Phi) is 6.74. The number of rotatable bonds is 5. The predicted octanol–water partition coefficient (Wildman–Crippen LogP) is 4.10. The van der Waals surface area contributed by atoms with Gasteiger partial charge in [-0.25, -0.2) is 4.99 Å². The molecule has 0 fully saturated rings. The van der Waals surface area contributed by atoms with Gasteiger partial charge in [0.2, 0.25) is 5.96 Å². The Balaban J connectivity index is 1.87. The largest absolute Gasteiger partial charge is 0.497 e. The summed E-state index contributed by atoms with van der Waals surface area (Å²) in [6.07, 6.45) is 0. The number of anilines is 1. The fourth-order valence-corrected chi connectivity index (χ4v) is 3.15. The minimum Gasteiger partial charge on any atom is -0.497 e. The van der Waals surface area contributed by atoms with Crippen molar-refractivity contribution < 1.29 is 9.53 Å². The maximum atomic E-state index is 12.7. The third-order valence-corrected chi connectivity index (χ3v) is 4.94. The number of carbonyl (C=O) groups excluding carboxylic acids is 1. The molecule has 0 spiro atoms. The molecule has 2 aromatic carbocycles. The van der Waals surface area contributed by atoms with Gasteiger partial charge in [-0.3, -0.25) is 14.8 Å². The number of hydrogen-bond donors (Lipinski definition) is 2. The number of amides is 1. The second-order valence-electron chi connectivity index (χ2n) is 6.76. The standard InChI is InChI=1S/C22H24ClN5O2/c1-14-20(15(2)28(3)27-14)13-24-22(25-18-9-6-10-19(12-18)30-4)26-21(29)16-7-5-8-17(23)11-16/h5-12H,13H2,1-4H3,(H2,24,25,26,29). The molecule has 0 atom stereocenters. The molecule has 1 aromatic heterocycles. The highest BCUT2D eigenvalue weighted by molar-refractivity contribution is 6.31. The number of aromatic nitrogens is 2. The minimum absolute atomic E-state index is 0.314. The molecule has 0 saturated carbocycles. The van der Waals surface area contributed by atoms with E-state index in [1.165, 1.54) is 0 Å². The quantitative estimate of drug-likeness (QED) is 0.476. The number of nitrogens with one attached hydrogen (secondary N) is 2. The van der Waals surface area contributed by atoms with Crippen LogP contribution in [-0.4, -0.2) is 28.8 Å². The first-order valence-electron chi connectivity index (χ1n) is 9.39. The van der Waals surface area contributed by atoms with Crippen molar-refractivity contribution in [3.63, 3.8) is 0 Å². The van der Waals surface area contributed by atoms with Gasteiger partial charge >= 0.3 is 0 Å². The molecule has 8 heteroatoms. The predicted molar refractivity (Wildman–Crippen MR) is 119 cm³/mol. The molecule has 1 heterocycles. The Labute approximate surface area is 180 Å². The summed E-state index contributed by atoms with van der Waals surface area (Å²) in [5, 5.41) is 10.9. The van der Waals surface area contributed by atoms with Gasteiger partial charge in [0, 0.05) is 40.6 Å². The highest BCUT2D eigenvalue weighted by Crippen LogP contribution is 2.18. The van der Waals surface area contributed by atoms with Crippen LogP contribution < -0.4 is 15.4 Å². The van der Waals surface area contributed by atoms with Crippen molar-refractivity contribution in [3.05, 3.63) is 76.1 Å². The van der Waals surface area contributed by atoms with Gasteiger partial charge in [-0.1, -0.05) is 23.7 Å². The molecule has 0 aliphatic carbocycles. The third kappa shape index (κ3) is 5.18. The van der Waals surface area contributed by atoms with E-state index < -0.39 is 0 Å². The zero-order valence-corrected chi connectivity index (χ0v) is 18.1. The first-order valence-corrected chi connectivity index (χ1v) is 9.76. The highest BCUT2D eigenvalue weighted by atomic mass is 35.5. The highest BCUT2D eigenvalue weighted by Gasteiger charge is 2.13. The lowest BCUT2D eigenvalue weighted by Crippen LogP contribution is -2.36. The lowest BCUT2D eigenvalue weighted by atomic mass is 10.2. The topological polar surface area (TPSA) is 80.5 Å². The Hall–Kier alpha value is -3.32. The van der Waals surface area contributed by atoms with E-state index in [0.29, 0.717) is 28.8 Å². The molecule has 2 N–H and O–H groups in total. The van der Waals surface area contributed by atoms with Gasteiger partial charge in [0.25, 0.3) is 5.91 Å². The number of guanidine groups is 1. The van der Waals surface area contributed by atoms with E-state index in [9.17, 15) is 4.79 Å². The van der Waals surface area contributed by atoms with Gasteiger partial charge in [0.15, 0.2) is 0 Å². The first-order chi connectivity index (χ1) is 14.4. The van der Waals surface area contributed by atoms with Crippen molar-refractivity contribution in [2.75, 3.05) is 12.4 Å². The van der Waals surface area contributed by atoms with Crippen LogP contribution in [0.25, 0.3) is 0 Å². The summed E-state index contributed by atoms with van der Waals surface area (Å²) < 4.78 is 7.09. The van der Waals surface area contributed by atoms with E-state index in [1.54, 1.807) is 31.4 Å². The zero-order chi connectivity index (χ0) is 21.7. The maximum absolute atomic E-state index is 12.7. The van der Waals surface area contributed by atoms with Crippen LogP contribution in [0.4, 0.5) is 5.69 Å². The number of ether oxygens (including phenoxy) is 1. The Morgan fingerprint density at radius 3 is 2.63 bits per heavy atom. The molecule has 0 bridgehead atoms. The molecule has 0 aliphatic rings. The van der Waals surface area contributed by atoms with Crippen LogP contribution in [0, 0.1) is 13.8 Å². The molecule has 0 radical (unpaired) electrons. The minimum atomic E-state index is -0.314. The molecule has 0 aliphatic heterocycles. The van der Waals surface area contributed by atoms with Crippen LogP contribution in [0.5, 0.6) is 5.75 Å². The van der Waals surface area contributed by atoms with Crippen molar-refractivity contribution in [2.24, 2.45) is 12.0 Å². The first kappa shape index (κ1) is 21.4. The molecular weight excluding hydrogens is 402 g/mol. The van der Waals surface area contributed by atoms with Gasteiger partial charge in [-0.15, -0.1) is 0 Å². The summed E-state index contributed by atoms with van der Waals surface area (Å²) >= 11 is 6.02. The lowest BCUT2D eigenvalue weighted by Gasteiger charge is -2.13. The van der Waals surface area contributed by atoms with E-state index in [4.69, 9.17) is 16.3 Å². The van der Waals surface area contributed by atoms with Crippen LogP contribution in [-0.2, 0) is 13.6 Å². The van der Waals surface area contributed by atoms with Crippen LogP contribution in [0.1, 0.15) is 27.3 Å². The van der Waals surface area contributed by atoms with Crippen LogP contribution in [0.2, 0.25) is 5.02 Å². The van der Waals surface area contributed by atoms with Crippen molar-refractivity contribution >= 4 is 29.2 Å². The van der Waals surface area contributed by atoms with E-state index in [2.05, 4.69) is 20.7 Å². The average Bonchev–Trinajstić information content (AvgIpc) is 2.97. The molecule has 156 valence electrons. The summed E-state index contributed by atoms with van der Waals surface area (Å²) in [5.41, 5.74) is 4.12. The monoisotopic (exact) mass is 425 g/mol. The van der Waals surface area contributed by atoms with E-state index in [0.717, 1.165) is 22.6 Å². The van der Waals surface area contributed by atoms with E-state index in [-0.39, 0.29) is 5.91 Å². The van der Waals surface area contributed by atoms with Crippen LogP contribution in [0.3, 0.4) is 0 Å². The van der Waals surface area contributed by atoms with Crippen molar-refractivity contribution in [1.29, 1.82) is 0 Å². The summed E-state index contributed by atoms with van der Waals surface area (Å²) in [7, 11) is 3.49. The van der Waals surface area contributed by atoms with Crippen molar-refractivity contribution in [2.45, 2.75) is 20.4 Å². The summed E-state index contributed by atoms with van der Waals surface area (Å²) in [6.45, 7) is 4.30. The molecule has 0 saturated heterocycles. The maximum Gasteiger partial charge on any atom is 0.258 e. The van der Waals surface area contributed by atoms with Gasteiger partial charge in [-0.2, -0.15) is 5.10 Å². The van der Waals surface area contributed by atoms with Crippen molar-refractivity contribution in [3.8, 4) is 5.75 Å². The number of aliphatic imine (C=N–C) groups is 1. The Bertz CT molecular complexity index is 1090. The molecule has 30 heavy (non-hydrogen) atoms. The van der Waals surface area contributed by atoms with Gasteiger partial charge in [-0.05, 0) is 44.2 Å². The lowest BCUT2D eigenvalue weighted by molar-refractivity contribution is 0.0977. The average molecular weight is 426 g/mol. The van der Waals surface area contributed by atoms with E-state index >= 15 is 0 Å². The summed E-state index contributed by atoms with van der Waals surface area (Å²) in [6, 6.07) is 14.1. The summed E-state index contributed by atoms with van der Waals surface area (Å²) in [5.74, 6) is 0.696. The normalized spacial score (nSPS) is 11.3. The number of methoxy groups -OCH3 is 1. The molecule has 0 unspecified atom stereocenters. The van der Waals surface area contributed by atoms with Gasteiger partial charge in [0.1, 0.15) is 5.75 Å². The second kappa shape index (κ2) is 9.45. The zero-order valence-electron chi connectivity index (χ0n) is 17.4. The molecule has 3 aromatic rings. The number of benzene rings is 2. The Morgan fingerprint density at radius 1 is 1.20 bits per heavy atom. The number of carbonyl (C=O) groups is 1. The number of aryl methyl sites for hydroxylation is 2. The fraction of sp³-hybridized carbons (Fsp3) is 0.227. The summed E-state index contributed by atoms with van der Waals surface area (Å²) in [4.78, 5) is 17.4. The fourth-order valence-electron chi connectivity index (χ4n) is 2.96. The number of hydrogen-bond acceptors (Lipinski definition) is 4. The van der Waals surface area contributed by atoms with Gasteiger partial charge < -0.3 is 10.1 Å². The van der Waals surface area contributed by atoms with Crippen molar-refractivity contribution in [1.82, 2.24) is 15.1 Å². The third-order valence-electron chi connectivity index (χ3n) is 4.71. The number of halogens is 1.